The van der Waals surface area contributed by atoms with Crippen LogP contribution in [0.1, 0.15) is 101 Å². The second-order valence-corrected chi connectivity index (χ2v) is 9.76. The fourth-order valence-electron chi connectivity index (χ4n) is 5.78. The molecule has 1 aromatic carbocycles. The van der Waals surface area contributed by atoms with Crippen molar-refractivity contribution in [1.82, 2.24) is 0 Å². The molecule has 2 fully saturated rings. The monoisotopic (exact) mass is 408 g/mol. The van der Waals surface area contributed by atoms with E-state index in [1.54, 1.807) is 5.56 Å². The van der Waals surface area contributed by atoms with Gasteiger partial charge in [-0.25, -0.2) is 0 Å². The molecule has 2 aliphatic rings. The Morgan fingerprint density at radius 2 is 1.57 bits per heavy atom. The van der Waals surface area contributed by atoms with Gasteiger partial charge < -0.3 is 4.74 Å². The van der Waals surface area contributed by atoms with Crippen LogP contribution in [0.25, 0.3) is 0 Å². The first-order valence-electron chi connectivity index (χ1n) is 12.7. The molecule has 1 heteroatoms. The minimum Gasteiger partial charge on any atom is -0.377 e. The summed E-state index contributed by atoms with van der Waals surface area (Å²) in [7, 11) is 0. The molecule has 1 nitrogen and oxygen atoms in total. The summed E-state index contributed by atoms with van der Waals surface area (Å²) < 4.78 is 5.77. The van der Waals surface area contributed by atoms with E-state index in [1.165, 1.54) is 69.8 Å². The Morgan fingerprint density at radius 1 is 0.900 bits per heavy atom. The van der Waals surface area contributed by atoms with Gasteiger partial charge in [-0.2, -0.15) is 0 Å². The van der Waals surface area contributed by atoms with Crippen LogP contribution in [-0.4, -0.2) is 6.61 Å². The van der Waals surface area contributed by atoms with Crippen molar-refractivity contribution >= 4 is 0 Å². The first-order valence-corrected chi connectivity index (χ1v) is 12.7. The van der Waals surface area contributed by atoms with Crippen molar-refractivity contribution in [2.45, 2.75) is 96.5 Å². The molecule has 0 bridgehead atoms. The maximum atomic E-state index is 5.77. The molecule has 0 radical (unpaired) electrons. The summed E-state index contributed by atoms with van der Waals surface area (Å²) in [4.78, 5) is 0. The molecule has 0 amide bonds. The van der Waals surface area contributed by atoms with Crippen molar-refractivity contribution in [3.63, 3.8) is 0 Å². The highest BCUT2D eigenvalue weighted by molar-refractivity contribution is 5.25. The summed E-state index contributed by atoms with van der Waals surface area (Å²) in [6, 6.07) is 9.29. The van der Waals surface area contributed by atoms with Crippen molar-refractivity contribution < 1.29 is 4.74 Å². The van der Waals surface area contributed by atoms with Gasteiger partial charge in [0.2, 0.25) is 0 Å². The van der Waals surface area contributed by atoms with Gasteiger partial charge in [0.05, 0.1) is 6.61 Å². The van der Waals surface area contributed by atoms with E-state index in [0.717, 1.165) is 49.7 Å². The zero-order valence-corrected chi connectivity index (χ0v) is 19.4. The topological polar surface area (TPSA) is 9.23 Å². The van der Waals surface area contributed by atoms with Crippen LogP contribution in [-0.2, 0) is 11.3 Å². The molecule has 0 aromatic heterocycles. The molecule has 0 saturated heterocycles. The molecule has 0 N–H and O–H groups in total. The molecule has 1 aromatic rings. The highest BCUT2D eigenvalue weighted by atomic mass is 16.5. The average Bonchev–Trinajstić information content (AvgIpc) is 2.80. The second kappa shape index (κ2) is 13.2. The number of hydrogen-bond donors (Lipinski definition) is 0. The third kappa shape index (κ3) is 7.41. The molecule has 166 valence electrons. The van der Waals surface area contributed by atoms with Crippen LogP contribution in [0.5, 0.6) is 0 Å². The van der Waals surface area contributed by atoms with Crippen molar-refractivity contribution in [2.75, 3.05) is 6.61 Å². The minimum atomic E-state index is 0.738. The van der Waals surface area contributed by atoms with Crippen LogP contribution < -0.4 is 0 Å². The minimum absolute atomic E-state index is 0.738. The quantitative estimate of drug-likeness (QED) is 0.263. The zero-order valence-electron chi connectivity index (χ0n) is 19.4. The van der Waals surface area contributed by atoms with Gasteiger partial charge in [-0.3, -0.25) is 0 Å². The molecule has 0 atom stereocenters. The van der Waals surface area contributed by atoms with Crippen LogP contribution in [0.15, 0.2) is 49.1 Å². The number of unbranched alkanes of at least 4 members (excludes halogenated alkanes) is 1. The zero-order chi connectivity index (χ0) is 21.0. The van der Waals surface area contributed by atoms with Crippen LogP contribution in [0.3, 0.4) is 0 Å². The van der Waals surface area contributed by atoms with Gasteiger partial charge in [0, 0.05) is 6.61 Å². The highest BCUT2D eigenvalue weighted by Crippen LogP contribution is 2.44. The summed E-state index contributed by atoms with van der Waals surface area (Å²) in [5.41, 5.74) is 2.86. The molecular weight excluding hydrogens is 364 g/mol. The lowest BCUT2D eigenvalue weighted by atomic mass is 9.68. The predicted octanol–water partition coefficient (Wildman–Crippen LogP) is 8.61. The summed E-state index contributed by atoms with van der Waals surface area (Å²) >= 11 is 0. The lowest BCUT2D eigenvalue weighted by Crippen LogP contribution is -2.25. The van der Waals surface area contributed by atoms with E-state index in [-0.39, 0.29) is 0 Å². The van der Waals surface area contributed by atoms with Crippen LogP contribution >= 0.6 is 0 Å². The Bertz CT molecular complexity index is 612. The van der Waals surface area contributed by atoms with Gasteiger partial charge in [-0.15, -0.1) is 6.58 Å². The van der Waals surface area contributed by atoms with Crippen molar-refractivity contribution in [3.05, 3.63) is 60.2 Å². The van der Waals surface area contributed by atoms with Gasteiger partial charge in [-0.1, -0.05) is 55.3 Å². The summed E-state index contributed by atoms with van der Waals surface area (Å²) in [5, 5.41) is 0. The summed E-state index contributed by atoms with van der Waals surface area (Å²) in [6.45, 7) is 7.47. The van der Waals surface area contributed by atoms with E-state index in [0.29, 0.717) is 0 Å². The van der Waals surface area contributed by atoms with E-state index in [2.05, 4.69) is 49.9 Å². The third-order valence-electron chi connectivity index (χ3n) is 7.72. The van der Waals surface area contributed by atoms with E-state index in [9.17, 15) is 0 Å². The fourth-order valence-corrected chi connectivity index (χ4v) is 5.78. The van der Waals surface area contributed by atoms with Crippen LogP contribution in [0.2, 0.25) is 0 Å². The largest absolute Gasteiger partial charge is 0.377 e. The standard InChI is InChI=1S/C29H44O/c1-3-5-7-9-24-10-14-26(15-11-24)28-18-20-29(21-19-28)27-16-12-25(13-17-27)23-30-22-8-6-4-2/h3-5,12-13,16-17,24,26,28-29H,2,6-11,14-15,18-23H2,1H3/t24-,26-,28-,29-. The number of rotatable bonds is 11. The first-order chi connectivity index (χ1) is 14.8. The molecule has 0 heterocycles. The van der Waals surface area contributed by atoms with Gasteiger partial charge in [0.1, 0.15) is 0 Å². The van der Waals surface area contributed by atoms with Gasteiger partial charge in [0.25, 0.3) is 0 Å². The summed E-state index contributed by atoms with van der Waals surface area (Å²) in [5.74, 6) is 3.80. The highest BCUT2D eigenvalue weighted by Gasteiger charge is 2.31. The van der Waals surface area contributed by atoms with E-state index < -0.39 is 0 Å². The molecule has 0 spiro atoms. The lowest BCUT2D eigenvalue weighted by Gasteiger charge is -2.38. The molecular formula is C29H44O. The Hall–Kier alpha value is -1.34. The van der Waals surface area contributed by atoms with E-state index in [4.69, 9.17) is 4.74 Å². The third-order valence-corrected chi connectivity index (χ3v) is 7.72. The number of ether oxygens (including phenoxy) is 1. The predicted molar refractivity (Wildman–Crippen MR) is 130 cm³/mol. The summed E-state index contributed by atoms with van der Waals surface area (Å²) in [6.07, 6.45) is 23.0. The van der Waals surface area contributed by atoms with Crippen LogP contribution in [0.4, 0.5) is 0 Å². The first kappa shape index (κ1) is 23.3. The Morgan fingerprint density at radius 3 is 2.20 bits per heavy atom. The molecule has 3 rings (SSSR count). The molecule has 0 unspecified atom stereocenters. The Labute approximate surface area is 186 Å². The van der Waals surface area contributed by atoms with Gasteiger partial charge >= 0.3 is 0 Å². The molecule has 2 aliphatic carbocycles. The maximum Gasteiger partial charge on any atom is 0.0716 e. The lowest BCUT2D eigenvalue weighted by molar-refractivity contribution is 0.119. The average molecular weight is 409 g/mol. The van der Waals surface area contributed by atoms with Crippen LogP contribution in [0, 0.1) is 17.8 Å². The number of allylic oxidation sites excluding steroid dienone is 3. The smallest absolute Gasteiger partial charge is 0.0716 e. The van der Waals surface area contributed by atoms with Crippen molar-refractivity contribution in [1.29, 1.82) is 0 Å². The molecule has 30 heavy (non-hydrogen) atoms. The maximum absolute atomic E-state index is 5.77. The Kier molecular flexibility index (Phi) is 10.2. The SMILES string of the molecule is C=CCCCOCc1ccc([C@H]2CC[C@H]([C@H]3CC[C@H](CCC=CC)CC3)CC2)cc1. The van der Waals surface area contributed by atoms with E-state index >= 15 is 0 Å². The normalized spacial score (nSPS) is 27.4. The van der Waals surface area contributed by atoms with Gasteiger partial charge in [0.15, 0.2) is 0 Å². The van der Waals surface area contributed by atoms with Crippen molar-refractivity contribution in [2.24, 2.45) is 17.8 Å². The molecule has 2 saturated carbocycles. The number of hydrogen-bond acceptors (Lipinski definition) is 1. The second-order valence-electron chi connectivity index (χ2n) is 9.76. The van der Waals surface area contributed by atoms with Crippen molar-refractivity contribution in [3.8, 4) is 0 Å². The van der Waals surface area contributed by atoms with E-state index in [1.807, 2.05) is 6.08 Å². The molecule has 0 aliphatic heterocycles. The number of benzene rings is 1. The Balaban J connectivity index is 1.36. The fraction of sp³-hybridized carbons (Fsp3) is 0.655. The van der Waals surface area contributed by atoms with Gasteiger partial charge in [-0.05, 0) is 106 Å².